The van der Waals surface area contributed by atoms with Crippen molar-refractivity contribution in [3.63, 3.8) is 0 Å². The number of carbonyl (C=O) groups excluding carboxylic acids is 1. The highest BCUT2D eigenvalue weighted by Gasteiger charge is 2.24. The molecule has 0 unspecified atom stereocenters. The van der Waals surface area contributed by atoms with E-state index in [1.165, 1.54) is 48.8 Å². The number of fused-ring (bicyclic) bond motifs is 1. The van der Waals surface area contributed by atoms with Crippen LogP contribution in [-0.4, -0.2) is 5.91 Å². The molecule has 2 aliphatic carbocycles. The minimum atomic E-state index is 0.138. The van der Waals surface area contributed by atoms with Gasteiger partial charge in [-0.15, -0.1) is 0 Å². The largest absolute Gasteiger partial charge is 0.349 e. The highest BCUT2D eigenvalue weighted by molar-refractivity contribution is 5.79. The Hall–Kier alpha value is -1.31. The summed E-state index contributed by atoms with van der Waals surface area (Å²) in [4.78, 5) is 12.2. The van der Waals surface area contributed by atoms with E-state index in [0.29, 0.717) is 0 Å². The topological polar surface area (TPSA) is 29.1 Å². The molecule has 2 heteroatoms. The molecule has 2 nitrogen and oxygen atoms in total. The molecule has 0 bridgehead atoms. The van der Waals surface area contributed by atoms with Gasteiger partial charge in [-0.1, -0.05) is 31.0 Å². The highest BCUT2D eigenvalue weighted by atomic mass is 16.1. The molecule has 1 amide bonds. The van der Waals surface area contributed by atoms with Gasteiger partial charge in [0.15, 0.2) is 0 Å². The summed E-state index contributed by atoms with van der Waals surface area (Å²) in [6.07, 6.45) is 8.27. The summed E-state index contributed by atoms with van der Waals surface area (Å²) < 4.78 is 0. The SMILES string of the molecule is C[C@@H](NC(=O)C1CCCC1)c1ccc2c(c1)CCC2. The van der Waals surface area contributed by atoms with Crippen LogP contribution in [0.1, 0.15) is 61.8 Å². The first-order valence-corrected chi connectivity index (χ1v) is 7.66. The molecule has 1 atom stereocenters. The molecular formula is C17H23NO. The van der Waals surface area contributed by atoms with Crippen LogP contribution in [0.4, 0.5) is 0 Å². The van der Waals surface area contributed by atoms with Crippen molar-refractivity contribution in [3.8, 4) is 0 Å². The summed E-state index contributed by atoms with van der Waals surface area (Å²) in [6.45, 7) is 2.10. The van der Waals surface area contributed by atoms with E-state index < -0.39 is 0 Å². The third-order valence-corrected chi connectivity index (χ3v) is 4.71. The fourth-order valence-electron chi connectivity index (χ4n) is 3.46. The maximum Gasteiger partial charge on any atom is 0.223 e. The van der Waals surface area contributed by atoms with E-state index in [1.54, 1.807) is 0 Å². The zero-order valence-electron chi connectivity index (χ0n) is 11.7. The lowest BCUT2D eigenvalue weighted by atomic mass is 10.0. The summed E-state index contributed by atoms with van der Waals surface area (Å²) >= 11 is 0. The van der Waals surface area contributed by atoms with Crippen molar-refractivity contribution in [2.45, 2.75) is 57.9 Å². The second-order valence-electron chi connectivity index (χ2n) is 6.09. The molecule has 3 rings (SSSR count). The van der Waals surface area contributed by atoms with E-state index in [9.17, 15) is 4.79 Å². The Morgan fingerprint density at radius 1 is 1.16 bits per heavy atom. The molecule has 0 aliphatic heterocycles. The maximum atomic E-state index is 12.2. The van der Waals surface area contributed by atoms with Crippen LogP contribution in [0.3, 0.4) is 0 Å². The summed E-state index contributed by atoms with van der Waals surface area (Å²) in [5, 5.41) is 3.19. The minimum Gasteiger partial charge on any atom is -0.349 e. The Morgan fingerprint density at radius 3 is 2.68 bits per heavy atom. The van der Waals surface area contributed by atoms with Gasteiger partial charge in [-0.3, -0.25) is 4.79 Å². The molecular weight excluding hydrogens is 234 g/mol. The zero-order valence-corrected chi connectivity index (χ0v) is 11.7. The normalized spacial score (nSPS) is 20.3. The second kappa shape index (κ2) is 5.36. The number of rotatable bonds is 3. The van der Waals surface area contributed by atoms with Crippen molar-refractivity contribution in [1.82, 2.24) is 5.32 Å². The third-order valence-electron chi connectivity index (χ3n) is 4.71. The quantitative estimate of drug-likeness (QED) is 0.881. The molecule has 0 heterocycles. The van der Waals surface area contributed by atoms with Crippen LogP contribution >= 0.6 is 0 Å². The number of hydrogen-bond acceptors (Lipinski definition) is 1. The summed E-state index contributed by atoms with van der Waals surface area (Å²) in [7, 11) is 0. The Balaban J connectivity index is 1.66. The van der Waals surface area contributed by atoms with Gasteiger partial charge in [0.1, 0.15) is 0 Å². The first-order chi connectivity index (χ1) is 9.24. The Morgan fingerprint density at radius 2 is 1.89 bits per heavy atom. The molecule has 1 N–H and O–H groups in total. The first-order valence-electron chi connectivity index (χ1n) is 7.66. The van der Waals surface area contributed by atoms with Crippen molar-refractivity contribution < 1.29 is 4.79 Å². The van der Waals surface area contributed by atoms with Crippen molar-refractivity contribution in [3.05, 3.63) is 34.9 Å². The standard InChI is InChI=1S/C17H23NO/c1-12(18-17(19)14-5-2-3-6-14)15-10-9-13-7-4-8-16(13)11-15/h9-12,14H,2-8H2,1H3,(H,18,19)/t12-/m1/s1. The van der Waals surface area contributed by atoms with Gasteiger partial charge in [-0.2, -0.15) is 0 Å². The number of benzene rings is 1. The minimum absolute atomic E-state index is 0.138. The van der Waals surface area contributed by atoms with Gasteiger partial charge in [0.2, 0.25) is 5.91 Å². The van der Waals surface area contributed by atoms with Crippen LogP contribution in [0.25, 0.3) is 0 Å². The molecule has 0 spiro atoms. The van der Waals surface area contributed by atoms with Gasteiger partial charge in [0.25, 0.3) is 0 Å². The fourth-order valence-corrected chi connectivity index (χ4v) is 3.46. The molecule has 102 valence electrons. The van der Waals surface area contributed by atoms with E-state index in [1.807, 2.05) is 0 Å². The van der Waals surface area contributed by atoms with Crippen LogP contribution in [-0.2, 0) is 17.6 Å². The molecule has 1 fully saturated rings. The second-order valence-corrected chi connectivity index (χ2v) is 6.09. The van der Waals surface area contributed by atoms with Crippen molar-refractivity contribution in [2.24, 2.45) is 5.92 Å². The van der Waals surface area contributed by atoms with Gasteiger partial charge in [-0.05, 0) is 55.7 Å². The Bertz CT molecular complexity index is 474. The molecule has 1 saturated carbocycles. The Labute approximate surface area is 115 Å². The molecule has 0 aromatic heterocycles. The van der Waals surface area contributed by atoms with Crippen LogP contribution in [0, 0.1) is 5.92 Å². The van der Waals surface area contributed by atoms with Crippen LogP contribution in [0.2, 0.25) is 0 Å². The lowest BCUT2D eigenvalue weighted by Crippen LogP contribution is -2.31. The van der Waals surface area contributed by atoms with Crippen LogP contribution in [0.5, 0.6) is 0 Å². The van der Waals surface area contributed by atoms with Gasteiger partial charge < -0.3 is 5.32 Å². The number of amides is 1. The van der Waals surface area contributed by atoms with E-state index in [4.69, 9.17) is 0 Å². The van der Waals surface area contributed by atoms with E-state index in [2.05, 4.69) is 30.4 Å². The smallest absolute Gasteiger partial charge is 0.223 e. The molecule has 1 aromatic carbocycles. The average molecular weight is 257 g/mol. The molecule has 2 aliphatic rings. The van der Waals surface area contributed by atoms with Gasteiger partial charge in [0.05, 0.1) is 6.04 Å². The third kappa shape index (κ3) is 2.68. The molecule has 0 saturated heterocycles. The summed E-state index contributed by atoms with van der Waals surface area (Å²) in [6, 6.07) is 6.86. The number of aryl methyl sites for hydroxylation is 2. The van der Waals surface area contributed by atoms with Crippen molar-refractivity contribution >= 4 is 5.91 Å². The predicted molar refractivity (Wildman–Crippen MR) is 77.0 cm³/mol. The average Bonchev–Trinajstić information content (AvgIpc) is 3.09. The first kappa shape index (κ1) is 12.7. The zero-order chi connectivity index (χ0) is 13.2. The monoisotopic (exact) mass is 257 g/mol. The van der Waals surface area contributed by atoms with Crippen LogP contribution < -0.4 is 5.32 Å². The highest BCUT2D eigenvalue weighted by Crippen LogP contribution is 2.27. The van der Waals surface area contributed by atoms with E-state index in [-0.39, 0.29) is 17.9 Å². The number of hydrogen-bond donors (Lipinski definition) is 1. The van der Waals surface area contributed by atoms with Gasteiger partial charge in [-0.25, -0.2) is 0 Å². The lowest BCUT2D eigenvalue weighted by molar-refractivity contribution is -0.125. The molecule has 1 aromatic rings. The lowest BCUT2D eigenvalue weighted by Gasteiger charge is -2.18. The fraction of sp³-hybridized carbons (Fsp3) is 0.588. The Kier molecular flexibility index (Phi) is 3.58. The number of carbonyl (C=O) groups is 1. The van der Waals surface area contributed by atoms with Crippen molar-refractivity contribution in [2.75, 3.05) is 0 Å². The molecule has 0 radical (unpaired) electrons. The van der Waals surface area contributed by atoms with E-state index >= 15 is 0 Å². The predicted octanol–water partition coefficient (Wildman–Crippen LogP) is 3.54. The molecule has 19 heavy (non-hydrogen) atoms. The summed E-state index contributed by atoms with van der Waals surface area (Å²) in [5.74, 6) is 0.516. The summed E-state index contributed by atoms with van der Waals surface area (Å²) in [5.41, 5.74) is 4.24. The van der Waals surface area contributed by atoms with E-state index in [0.717, 1.165) is 12.8 Å². The van der Waals surface area contributed by atoms with Gasteiger partial charge in [0, 0.05) is 5.92 Å². The van der Waals surface area contributed by atoms with Gasteiger partial charge >= 0.3 is 0 Å². The van der Waals surface area contributed by atoms with Crippen LogP contribution in [0.15, 0.2) is 18.2 Å². The van der Waals surface area contributed by atoms with Crippen molar-refractivity contribution in [1.29, 1.82) is 0 Å². The number of nitrogens with one attached hydrogen (secondary N) is 1. The maximum absolute atomic E-state index is 12.2.